The van der Waals surface area contributed by atoms with Crippen LogP contribution in [0, 0.1) is 9.39 Å². The van der Waals surface area contributed by atoms with Gasteiger partial charge in [-0.3, -0.25) is 4.68 Å². The maximum Gasteiger partial charge on any atom is 0.164 e. The lowest BCUT2D eigenvalue weighted by Crippen LogP contribution is -2.07. The Labute approximate surface area is 112 Å². The van der Waals surface area contributed by atoms with Gasteiger partial charge in [0.2, 0.25) is 0 Å². The minimum Gasteiger partial charge on any atom is -0.263 e. The van der Waals surface area contributed by atoms with Crippen molar-refractivity contribution in [2.24, 2.45) is 0 Å². The highest BCUT2D eigenvalue weighted by Gasteiger charge is 2.11. The molecule has 0 fully saturated rings. The smallest absolute Gasteiger partial charge is 0.164 e. The van der Waals surface area contributed by atoms with E-state index in [4.69, 9.17) is 11.6 Å². The second-order valence-electron chi connectivity index (χ2n) is 3.48. The Morgan fingerprint density at radius 1 is 1.38 bits per heavy atom. The first-order chi connectivity index (χ1) is 7.58. The largest absolute Gasteiger partial charge is 0.263 e. The first-order valence-corrected chi connectivity index (χ1v) is 6.19. The van der Waals surface area contributed by atoms with Gasteiger partial charge in [0.05, 0.1) is 9.61 Å². The van der Waals surface area contributed by atoms with E-state index in [0.29, 0.717) is 5.15 Å². The fourth-order valence-corrected chi connectivity index (χ4v) is 1.97. The summed E-state index contributed by atoms with van der Waals surface area (Å²) in [5.41, 5.74) is 0.997. The number of hydrogen-bond acceptors (Lipinski definition) is 1. The monoisotopic (exact) mass is 350 g/mol. The molecule has 0 N–H and O–H groups in total. The van der Waals surface area contributed by atoms with Crippen LogP contribution >= 0.6 is 34.2 Å². The average molecular weight is 351 g/mol. The van der Waals surface area contributed by atoms with Gasteiger partial charge in [-0.1, -0.05) is 23.7 Å². The van der Waals surface area contributed by atoms with Crippen molar-refractivity contribution in [3.05, 3.63) is 50.6 Å². The van der Waals surface area contributed by atoms with Crippen LogP contribution < -0.4 is 0 Å². The molecular weight excluding hydrogens is 341 g/mol. The lowest BCUT2D eigenvalue weighted by atomic mass is 10.1. The molecule has 0 aliphatic rings. The zero-order valence-electron chi connectivity index (χ0n) is 8.49. The first kappa shape index (κ1) is 11.9. The maximum atomic E-state index is 12.8. The summed E-state index contributed by atoms with van der Waals surface area (Å²) < 4.78 is 15.5. The molecule has 2 aromatic rings. The second kappa shape index (κ2) is 4.71. The topological polar surface area (TPSA) is 17.8 Å². The van der Waals surface area contributed by atoms with E-state index in [9.17, 15) is 4.39 Å². The third kappa shape index (κ3) is 2.38. The van der Waals surface area contributed by atoms with Crippen molar-refractivity contribution in [2.75, 3.05) is 0 Å². The summed E-state index contributed by atoms with van der Waals surface area (Å²) in [5.74, 6) is -0.232. The third-order valence-corrected chi connectivity index (χ3v) is 3.78. The van der Waals surface area contributed by atoms with Gasteiger partial charge < -0.3 is 0 Å². The summed E-state index contributed by atoms with van der Waals surface area (Å²) in [6.07, 6.45) is 1.87. The molecule has 1 aromatic carbocycles. The molecule has 2 nitrogen and oxygen atoms in total. The molecule has 5 heteroatoms. The Hall–Kier alpha value is -0.620. The highest BCUT2D eigenvalue weighted by Crippen LogP contribution is 2.22. The fourth-order valence-electron chi connectivity index (χ4n) is 1.44. The Bertz CT molecular complexity index is 476. The third-order valence-electron chi connectivity index (χ3n) is 2.40. The standard InChI is InChI=1S/C11H9ClFIN2/c1-7(8-2-4-9(13)5-3-8)16-6-10(14)11(12)15-16/h2-7H,1H3/t7-/m1/s1. The van der Waals surface area contributed by atoms with Crippen molar-refractivity contribution in [3.63, 3.8) is 0 Å². The van der Waals surface area contributed by atoms with Crippen LogP contribution in [0.25, 0.3) is 0 Å². The zero-order chi connectivity index (χ0) is 11.7. The van der Waals surface area contributed by atoms with Crippen molar-refractivity contribution in [2.45, 2.75) is 13.0 Å². The number of benzene rings is 1. The molecule has 0 bridgehead atoms. The Morgan fingerprint density at radius 2 is 2.00 bits per heavy atom. The SMILES string of the molecule is C[C@H](c1ccc(F)cc1)n1cc(I)c(Cl)n1. The van der Waals surface area contributed by atoms with Gasteiger partial charge in [-0.05, 0) is 47.2 Å². The molecule has 1 heterocycles. The number of halogens is 3. The molecule has 0 unspecified atom stereocenters. The van der Waals surface area contributed by atoms with Crippen LogP contribution in [0.2, 0.25) is 5.15 Å². The summed E-state index contributed by atoms with van der Waals surface area (Å²) >= 11 is 8.01. The number of nitrogens with zero attached hydrogens (tertiary/aromatic N) is 2. The van der Waals surface area contributed by atoms with Crippen molar-refractivity contribution < 1.29 is 4.39 Å². The quantitative estimate of drug-likeness (QED) is 0.752. The number of aromatic nitrogens is 2. The molecular formula is C11H9ClFIN2. The van der Waals surface area contributed by atoms with Gasteiger partial charge in [0, 0.05) is 6.20 Å². The highest BCUT2D eigenvalue weighted by atomic mass is 127. The van der Waals surface area contributed by atoms with Gasteiger partial charge in [0.25, 0.3) is 0 Å². The molecule has 0 radical (unpaired) electrons. The number of rotatable bonds is 2. The molecule has 0 aliphatic heterocycles. The second-order valence-corrected chi connectivity index (χ2v) is 5.00. The minimum atomic E-state index is -0.232. The van der Waals surface area contributed by atoms with E-state index in [1.807, 2.05) is 13.1 Å². The summed E-state index contributed by atoms with van der Waals surface area (Å²) in [5, 5.41) is 4.68. The van der Waals surface area contributed by atoms with Gasteiger partial charge in [-0.2, -0.15) is 5.10 Å². The van der Waals surface area contributed by atoms with Crippen LogP contribution in [0.1, 0.15) is 18.5 Å². The van der Waals surface area contributed by atoms with Gasteiger partial charge in [-0.15, -0.1) is 0 Å². The average Bonchev–Trinajstić information content (AvgIpc) is 2.59. The van der Waals surface area contributed by atoms with Crippen molar-refractivity contribution in [3.8, 4) is 0 Å². The number of hydrogen-bond donors (Lipinski definition) is 0. The Balaban J connectivity index is 2.31. The zero-order valence-corrected chi connectivity index (χ0v) is 11.4. The summed E-state index contributed by atoms with van der Waals surface area (Å²) in [4.78, 5) is 0. The molecule has 2 rings (SSSR count). The minimum absolute atomic E-state index is 0.0432. The first-order valence-electron chi connectivity index (χ1n) is 4.73. The van der Waals surface area contributed by atoms with Crippen LogP contribution in [-0.4, -0.2) is 9.78 Å². The molecule has 0 saturated carbocycles. The molecule has 1 aromatic heterocycles. The molecule has 16 heavy (non-hydrogen) atoms. The van der Waals surface area contributed by atoms with Crippen LogP contribution in [0.4, 0.5) is 4.39 Å². The summed E-state index contributed by atoms with van der Waals surface area (Å²) in [7, 11) is 0. The van der Waals surface area contributed by atoms with Gasteiger partial charge in [0.1, 0.15) is 5.82 Å². The van der Waals surface area contributed by atoms with Crippen LogP contribution in [0.15, 0.2) is 30.5 Å². The normalized spacial score (nSPS) is 12.8. The maximum absolute atomic E-state index is 12.8. The van der Waals surface area contributed by atoms with Gasteiger partial charge in [0.15, 0.2) is 5.15 Å². The Kier molecular flexibility index (Phi) is 3.49. The van der Waals surface area contributed by atoms with E-state index in [0.717, 1.165) is 9.13 Å². The van der Waals surface area contributed by atoms with E-state index in [1.54, 1.807) is 16.8 Å². The summed E-state index contributed by atoms with van der Waals surface area (Å²) in [6, 6.07) is 6.44. The van der Waals surface area contributed by atoms with E-state index in [-0.39, 0.29) is 11.9 Å². The lowest BCUT2D eigenvalue weighted by molar-refractivity contribution is 0.561. The van der Waals surface area contributed by atoms with Gasteiger partial charge >= 0.3 is 0 Å². The van der Waals surface area contributed by atoms with E-state index in [2.05, 4.69) is 27.7 Å². The van der Waals surface area contributed by atoms with E-state index in [1.165, 1.54) is 12.1 Å². The summed E-state index contributed by atoms with van der Waals surface area (Å²) in [6.45, 7) is 1.99. The van der Waals surface area contributed by atoms with Crippen LogP contribution in [0.3, 0.4) is 0 Å². The predicted octanol–water partition coefficient (Wildman–Crippen LogP) is 3.89. The molecule has 0 amide bonds. The molecule has 0 spiro atoms. The fraction of sp³-hybridized carbons (Fsp3) is 0.182. The lowest BCUT2D eigenvalue weighted by Gasteiger charge is -2.12. The van der Waals surface area contributed by atoms with Gasteiger partial charge in [-0.25, -0.2) is 4.39 Å². The van der Waals surface area contributed by atoms with Crippen LogP contribution in [0.5, 0.6) is 0 Å². The van der Waals surface area contributed by atoms with Crippen molar-refractivity contribution in [1.82, 2.24) is 9.78 Å². The molecule has 0 saturated heterocycles. The van der Waals surface area contributed by atoms with Crippen LogP contribution in [-0.2, 0) is 0 Å². The highest BCUT2D eigenvalue weighted by molar-refractivity contribution is 14.1. The van der Waals surface area contributed by atoms with E-state index >= 15 is 0 Å². The molecule has 84 valence electrons. The van der Waals surface area contributed by atoms with Crippen molar-refractivity contribution >= 4 is 34.2 Å². The predicted molar refractivity (Wildman–Crippen MR) is 70.2 cm³/mol. The Morgan fingerprint density at radius 3 is 2.50 bits per heavy atom. The molecule has 0 aliphatic carbocycles. The molecule has 1 atom stereocenters. The van der Waals surface area contributed by atoms with Crippen molar-refractivity contribution in [1.29, 1.82) is 0 Å². The van der Waals surface area contributed by atoms with E-state index < -0.39 is 0 Å².